The van der Waals surface area contributed by atoms with Crippen molar-refractivity contribution in [3.8, 4) is 0 Å². The molecule has 2 rings (SSSR count). The lowest BCUT2D eigenvalue weighted by atomic mass is 10.2. The summed E-state index contributed by atoms with van der Waals surface area (Å²) in [4.78, 5) is 47.0. The number of likely N-dealkylation sites (tertiary alicyclic amines) is 1. The highest BCUT2D eigenvalue weighted by Gasteiger charge is 2.36. The quantitative estimate of drug-likeness (QED) is 0.603. The van der Waals surface area contributed by atoms with E-state index < -0.39 is 34.8 Å². The number of nitrogens with zero attached hydrogens (tertiary/aromatic N) is 2. The van der Waals surface area contributed by atoms with E-state index >= 15 is 0 Å². The SMILES string of the molecule is CC(NC(=O)C1CCCN1C(=O)c1ccc([N+](=O)[O-])s1)C(=O)O. The molecule has 0 aromatic carbocycles. The Balaban J connectivity index is 2.11. The third-order valence-electron chi connectivity index (χ3n) is 3.53. The van der Waals surface area contributed by atoms with Crippen LogP contribution in [0.3, 0.4) is 0 Å². The van der Waals surface area contributed by atoms with Gasteiger partial charge in [0.15, 0.2) is 0 Å². The van der Waals surface area contributed by atoms with Crippen molar-refractivity contribution in [1.82, 2.24) is 10.2 Å². The van der Waals surface area contributed by atoms with Crippen molar-refractivity contribution in [3.63, 3.8) is 0 Å². The van der Waals surface area contributed by atoms with Crippen LogP contribution in [-0.4, -0.2) is 51.3 Å². The van der Waals surface area contributed by atoms with E-state index in [0.29, 0.717) is 19.4 Å². The summed E-state index contributed by atoms with van der Waals surface area (Å²) in [5.74, 6) is -2.15. The average molecular weight is 341 g/mol. The van der Waals surface area contributed by atoms with Crippen LogP contribution in [-0.2, 0) is 9.59 Å². The van der Waals surface area contributed by atoms with E-state index in [1.807, 2.05) is 0 Å². The normalized spacial score (nSPS) is 18.5. The zero-order valence-corrected chi connectivity index (χ0v) is 13.0. The second-order valence-electron chi connectivity index (χ2n) is 5.12. The number of rotatable bonds is 5. The van der Waals surface area contributed by atoms with Gasteiger partial charge in [-0.25, -0.2) is 0 Å². The molecule has 23 heavy (non-hydrogen) atoms. The van der Waals surface area contributed by atoms with Crippen molar-refractivity contribution in [2.45, 2.75) is 31.8 Å². The molecule has 2 unspecified atom stereocenters. The molecule has 0 aliphatic carbocycles. The highest BCUT2D eigenvalue weighted by atomic mass is 32.1. The van der Waals surface area contributed by atoms with E-state index in [1.54, 1.807) is 0 Å². The van der Waals surface area contributed by atoms with Crippen LogP contribution in [0.4, 0.5) is 5.00 Å². The fraction of sp³-hybridized carbons (Fsp3) is 0.462. The smallest absolute Gasteiger partial charge is 0.325 e. The van der Waals surface area contributed by atoms with Gasteiger partial charge in [-0.3, -0.25) is 24.5 Å². The van der Waals surface area contributed by atoms with Gasteiger partial charge in [0.1, 0.15) is 12.1 Å². The minimum absolute atomic E-state index is 0.145. The predicted molar refractivity (Wildman–Crippen MR) is 80.3 cm³/mol. The first-order valence-corrected chi connectivity index (χ1v) is 7.71. The summed E-state index contributed by atoms with van der Waals surface area (Å²) in [6, 6.07) is 0.793. The van der Waals surface area contributed by atoms with Crippen LogP contribution < -0.4 is 5.32 Å². The van der Waals surface area contributed by atoms with Crippen molar-refractivity contribution in [3.05, 3.63) is 27.1 Å². The molecule has 2 amide bonds. The molecule has 0 bridgehead atoms. The molecule has 10 heteroatoms. The highest BCUT2D eigenvalue weighted by molar-refractivity contribution is 7.17. The van der Waals surface area contributed by atoms with E-state index in [1.165, 1.54) is 24.0 Å². The first-order chi connectivity index (χ1) is 10.8. The number of thiophene rings is 1. The Bertz CT molecular complexity index is 658. The van der Waals surface area contributed by atoms with Crippen LogP contribution >= 0.6 is 11.3 Å². The molecule has 0 radical (unpaired) electrons. The minimum atomic E-state index is -1.16. The number of nitrogens with one attached hydrogen (secondary N) is 1. The topological polar surface area (TPSA) is 130 Å². The van der Waals surface area contributed by atoms with Crippen LogP contribution in [0.5, 0.6) is 0 Å². The number of aliphatic carboxylic acids is 1. The lowest BCUT2D eigenvalue weighted by Gasteiger charge is -2.24. The van der Waals surface area contributed by atoms with E-state index in [4.69, 9.17) is 5.11 Å². The Labute approximate surface area is 135 Å². The van der Waals surface area contributed by atoms with Gasteiger partial charge in [-0.05, 0) is 25.8 Å². The Morgan fingerprint density at radius 2 is 2.17 bits per heavy atom. The van der Waals surface area contributed by atoms with E-state index in [9.17, 15) is 24.5 Å². The van der Waals surface area contributed by atoms with Crippen molar-refractivity contribution in [2.24, 2.45) is 0 Å². The molecule has 1 aliphatic heterocycles. The largest absolute Gasteiger partial charge is 0.480 e. The van der Waals surface area contributed by atoms with Gasteiger partial charge in [-0.1, -0.05) is 11.3 Å². The van der Waals surface area contributed by atoms with Crippen LogP contribution in [0.15, 0.2) is 12.1 Å². The molecule has 1 aliphatic rings. The Hall–Kier alpha value is -2.49. The van der Waals surface area contributed by atoms with Gasteiger partial charge in [-0.2, -0.15) is 0 Å². The maximum Gasteiger partial charge on any atom is 0.325 e. The molecular formula is C13H15N3O6S. The molecule has 1 fully saturated rings. The van der Waals surface area contributed by atoms with Crippen LogP contribution in [0.1, 0.15) is 29.4 Å². The number of hydrogen-bond acceptors (Lipinski definition) is 6. The Morgan fingerprint density at radius 1 is 1.48 bits per heavy atom. The minimum Gasteiger partial charge on any atom is -0.480 e. The van der Waals surface area contributed by atoms with Gasteiger partial charge >= 0.3 is 11.0 Å². The Morgan fingerprint density at radius 3 is 2.74 bits per heavy atom. The monoisotopic (exact) mass is 341 g/mol. The zero-order chi connectivity index (χ0) is 17.1. The van der Waals surface area contributed by atoms with Crippen molar-refractivity contribution < 1.29 is 24.4 Å². The number of carboxylic acid groups (broad SMARTS) is 1. The second kappa shape index (κ2) is 6.73. The molecule has 1 aromatic rings. The van der Waals surface area contributed by atoms with Gasteiger partial charge in [0.25, 0.3) is 5.91 Å². The number of carbonyl (C=O) groups is 3. The van der Waals surface area contributed by atoms with Crippen molar-refractivity contribution in [2.75, 3.05) is 6.54 Å². The second-order valence-corrected chi connectivity index (χ2v) is 6.18. The first kappa shape index (κ1) is 16.9. The number of nitro groups is 1. The van der Waals surface area contributed by atoms with Gasteiger partial charge in [0.05, 0.1) is 9.80 Å². The van der Waals surface area contributed by atoms with Gasteiger partial charge < -0.3 is 15.3 Å². The van der Waals surface area contributed by atoms with E-state index in [2.05, 4.69) is 5.32 Å². The Kier molecular flexibility index (Phi) is 4.94. The van der Waals surface area contributed by atoms with Crippen molar-refractivity contribution in [1.29, 1.82) is 0 Å². The number of carboxylic acids is 1. The maximum absolute atomic E-state index is 12.4. The fourth-order valence-corrected chi connectivity index (χ4v) is 3.11. The van der Waals surface area contributed by atoms with Crippen LogP contribution in [0.25, 0.3) is 0 Å². The summed E-state index contributed by atoms with van der Waals surface area (Å²) < 4.78 is 0. The molecule has 9 nitrogen and oxygen atoms in total. The number of carbonyl (C=O) groups excluding carboxylic acids is 2. The van der Waals surface area contributed by atoms with Crippen LogP contribution in [0.2, 0.25) is 0 Å². The summed E-state index contributed by atoms with van der Waals surface area (Å²) in [7, 11) is 0. The summed E-state index contributed by atoms with van der Waals surface area (Å²) in [5.41, 5.74) is 0. The molecule has 124 valence electrons. The number of hydrogen-bond donors (Lipinski definition) is 2. The third kappa shape index (κ3) is 3.65. The summed E-state index contributed by atoms with van der Waals surface area (Å²) >= 11 is 0.752. The van der Waals surface area contributed by atoms with Gasteiger partial charge in [0.2, 0.25) is 5.91 Å². The summed E-state index contributed by atoms with van der Waals surface area (Å²) in [5, 5.41) is 21.7. The fourth-order valence-electron chi connectivity index (χ4n) is 2.34. The van der Waals surface area contributed by atoms with Crippen LogP contribution in [0, 0.1) is 10.1 Å². The van der Waals surface area contributed by atoms with E-state index in [0.717, 1.165) is 11.3 Å². The number of amides is 2. The predicted octanol–water partition coefficient (Wildman–Crippen LogP) is 0.850. The molecule has 0 spiro atoms. The lowest BCUT2D eigenvalue weighted by molar-refractivity contribution is -0.380. The van der Waals surface area contributed by atoms with Gasteiger partial charge in [-0.15, -0.1) is 0 Å². The molecular weight excluding hydrogens is 326 g/mol. The van der Waals surface area contributed by atoms with E-state index in [-0.39, 0.29) is 9.88 Å². The molecule has 1 aromatic heterocycles. The molecule has 1 saturated heterocycles. The molecule has 2 N–H and O–H groups in total. The first-order valence-electron chi connectivity index (χ1n) is 6.89. The molecule has 0 saturated carbocycles. The molecule has 2 heterocycles. The zero-order valence-electron chi connectivity index (χ0n) is 12.2. The summed E-state index contributed by atoms with van der Waals surface area (Å²) in [6.07, 6.45) is 1.04. The van der Waals surface area contributed by atoms with Gasteiger partial charge in [0, 0.05) is 12.6 Å². The molecule has 2 atom stereocenters. The standard InChI is InChI=1S/C13H15N3O6S/c1-7(13(19)20)14-11(17)8-3-2-6-15(8)12(18)9-4-5-10(23-9)16(21)22/h4-5,7-8H,2-3,6H2,1H3,(H,14,17)(H,19,20). The lowest BCUT2D eigenvalue weighted by Crippen LogP contribution is -2.49. The third-order valence-corrected chi connectivity index (χ3v) is 4.55. The highest BCUT2D eigenvalue weighted by Crippen LogP contribution is 2.28. The summed E-state index contributed by atoms with van der Waals surface area (Å²) in [6.45, 7) is 1.69. The van der Waals surface area contributed by atoms with Crippen molar-refractivity contribution >= 4 is 34.1 Å². The average Bonchev–Trinajstić information content (AvgIpc) is 3.15. The maximum atomic E-state index is 12.4.